The van der Waals surface area contributed by atoms with Gasteiger partial charge in [0.15, 0.2) is 0 Å². The van der Waals surface area contributed by atoms with Gasteiger partial charge in [-0.3, -0.25) is 0 Å². The standard InChI is InChI=1S/C13H17N7O/c1-2-8-5-20(12-10(8)11(14)16-7-17-12)9-3-13(21,4-9)6-18-19-15/h5,7,9,21H,2-4,6H2,1H3,(H2,14,16,17). The maximum Gasteiger partial charge on any atom is 0.146 e. The zero-order chi connectivity index (χ0) is 15.0. The third-order valence-corrected chi connectivity index (χ3v) is 4.15. The highest BCUT2D eigenvalue weighted by molar-refractivity contribution is 5.89. The van der Waals surface area contributed by atoms with E-state index < -0.39 is 5.60 Å². The molecule has 0 aliphatic heterocycles. The van der Waals surface area contributed by atoms with Gasteiger partial charge in [-0.25, -0.2) is 9.97 Å². The van der Waals surface area contributed by atoms with Crippen LogP contribution in [0.1, 0.15) is 31.4 Å². The molecule has 3 N–H and O–H groups in total. The van der Waals surface area contributed by atoms with Gasteiger partial charge in [0.2, 0.25) is 0 Å². The van der Waals surface area contributed by atoms with E-state index in [1.165, 1.54) is 6.33 Å². The number of nitrogens with zero attached hydrogens (tertiary/aromatic N) is 6. The predicted octanol–water partition coefficient (Wildman–Crippen LogP) is 1.95. The summed E-state index contributed by atoms with van der Waals surface area (Å²) in [6, 6.07) is 0.140. The molecule has 1 fully saturated rings. The van der Waals surface area contributed by atoms with Gasteiger partial charge in [0.05, 0.1) is 17.5 Å². The Hall–Kier alpha value is -2.31. The monoisotopic (exact) mass is 287 g/mol. The van der Waals surface area contributed by atoms with E-state index in [0.717, 1.165) is 23.0 Å². The van der Waals surface area contributed by atoms with E-state index in [2.05, 4.69) is 31.5 Å². The van der Waals surface area contributed by atoms with Crippen molar-refractivity contribution < 1.29 is 5.11 Å². The second-order valence-corrected chi connectivity index (χ2v) is 5.55. The molecule has 0 unspecified atom stereocenters. The number of nitrogen functional groups attached to an aromatic ring is 1. The highest BCUT2D eigenvalue weighted by atomic mass is 16.3. The molecule has 0 spiro atoms. The van der Waals surface area contributed by atoms with Crippen LogP contribution < -0.4 is 5.73 Å². The zero-order valence-corrected chi connectivity index (χ0v) is 11.8. The first-order valence-electron chi connectivity index (χ1n) is 6.91. The normalized spacial score (nSPS) is 24.6. The Morgan fingerprint density at radius 1 is 1.57 bits per heavy atom. The maximum absolute atomic E-state index is 10.2. The molecular weight excluding hydrogens is 270 g/mol. The number of hydrogen-bond acceptors (Lipinski definition) is 5. The van der Waals surface area contributed by atoms with Gasteiger partial charge in [0.25, 0.3) is 0 Å². The lowest BCUT2D eigenvalue weighted by Gasteiger charge is -2.43. The summed E-state index contributed by atoms with van der Waals surface area (Å²) in [4.78, 5) is 11.1. The lowest BCUT2D eigenvalue weighted by Crippen LogP contribution is -2.47. The zero-order valence-electron chi connectivity index (χ0n) is 11.8. The number of nitrogens with two attached hydrogens (primary N) is 1. The molecular formula is C13H17N7O. The van der Waals surface area contributed by atoms with Crippen LogP contribution in [0.25, 0.3) is 21.5 Å². The summed E-state index contributed by atoms with van der Waals surface area (Å²) in [6.07, 6.45) is 5.43. The third-order valence-electron chi connectivity index (χ3n) is 4.15. The summed E-state index contributed by atoms with van der Waals surface area (Å²) in [5.41, 5.74) is 15.3. The summed E-state index contributed by atoms with van der Waals surface area (Å²) in [5, 5.41) is 14.6. The first-order chi connectivity index (χ1) is 10.1. The SMILES string of the molecule is CCc1cn(C2CC(O)(CN=[N+]=[N-])C2)c2ncnc(N)c12. The van der Waals surface area contributed by atoms with Crippen molar-refractivity contribution >= 4 is 16.9 Å². The van der Waals surface area contributed by atoms with Gasteiger partial charge in [-0.2, -0.15) is 0 Å². The molecule has 2 heterocycles. The predicted molar refractivity (Wildman–Crippen MR) is 78.6 cm³/mol. The Morgan fingerprint density at radius 2 is 2.33 bits per heavy atom. The van der Waals surface area contributed by atoms with Crippen LogP contribution in [0.15, 0.2) is 17.6 Å². The van der Waals surface area contributed by atoms with Gasteiger partial charge < -0.3 is 15.4 Å². The van der Waals surface area contributed by atoms with E-state index in [0.29, 0.717) is 18.7 Å². The number of azide groups is 1. The van der Waals surface area contributed by atoms with Crippen molar-refractivity contribution in [1.82, 2.24) is 14.5 Å². The van der Waals surface area contributed by atoms with Gasteiger partial charge in [-0.15, -0.1) is 0 Å². The minimum absolute atomic E-state index is 0.108. The smallest absolute Gasteiger partial charge is 0.146 e. The van der Waals surface area contributed by atoms with Crippen molar-refractivity contribution in [3.05, 3.63) is 28.5 Å². The average molecular weight is 287 g/mol. The van der Waals surface area contributed by atoms with Crippen LogP contribution in [-0.4, -0.2) is 31.8 Å². The molecule has 0 saturated heterocycles. The van der Waals surface area contributed by atoms with E-state index in [-0.39, 0.29) is 12.6 Å². The Bertz CT molecular complexity index is 725. The van der Waals surface area contributed by atoms with Crippen LogP contribution >= 0.6 is 0 Å². The quantitative estimate of drug-likeness (QED) is 0.506. The number of aryl methyl sites for hydroxylation is 1. The Labute approximate surface area is 121 Å². The molecule has 110 valence electrons. The Morgan fingerprint density at radius 3 is 3.00 bits per heavy atom. The van der Waals surface area contributed by atoms with Crippen molar-refractivity contribution in [2.24, 2.45) is 5.11 Å². The van der Waals surface area contributed by atoms with E-state index >= 15 is 0 Å². The molecule has 8 heteroatoms. The lowest BCUT2D eigenvalue weighted by atomic mass is 9.75. The first-order valence-corrected chi connectivity index (χ1v) is 6.91. The topological polar surface area (TPSA) is 126 Å². The fraction of sp³-hybridized carbons (Fsp3) is 0.538. The maximum atomic E-state index is 10.2. The molecule has 0 bridgehead atoms. The van der Waals surface area contributed by atoms with E-state index in [1.54, 1.807) is 0 Å². The van der Waals surface area contributed by atoms with Gasteiger partial charge in [0, 0.05) is 17.2 Å². The molecule has 3 rings (SSSR count). The third kappa shape index (κ3) is 2.18. The highest BCUT2D eigenvalue weighted by Crippen LogP contribution is 2.43. The molecule has 1 saturated carbocycles. The number of anilines is 1. The van der Waals surface area contributed by atoms with Crippen LogP contribution in [-0.2, 0) is 6.42 Å². The summed E-state index contributed by atoms with van der Waals surface area (Å²) in [7, 11) is 0. The van der Waals surface area contributed by atoms with Crippen LogP contribution in [0.5, 0.6) is 0 Å². The van der Waals surface area contributed by atoms with E-state index in [1.807, 2.05) is 6.20 Å². The molecule has 0 atom stereocenters. The van der Waals surface area contributed by atoms with Crippen LogP contribution in [0.4, 0.5) is 5.82 Å². The number of fused-ring (bicyclic) bond motifs is 1. The van der Waals surface area contributed by atoms with Crippen molar-refractivity contribution in [3.8, 4) is 0 Å². The van der Waals surface area contributed by atoms with E-state index in [9.17, 15) is 5.11 Å². The summed E-state index contributed by atoms with van der Waals surface area (Å²) in [5.74, 6) is 0.485. The minimum atomic E-state index is -0.904. The molecule has 0 aromatic carbocycles. The molecule has 21 heavy (non-hydrogen) atoms. The van der Waals surface area contributed by atoms with Crippen molar-refractivity contribution in [2.75, 3.05) is 12.3 Å². The molecule has 2 aromatic rings. The van der Waals surface area contributed by atoms with Gasteiger partial charge in [-0.05, 0) is 30.4 Å². The summed E-state index contributed by atoms with van der Waals surface area (Å²) in [6.45, 7) is 2.17. The number of hydrogen-bond donors (Lipinski definition) is 2. The Balaban J connectivity index is 1.93. The fourth-order valence-corrected chi connectivity index (χ4v) is 3.04. The van der Waals surface area contributed by atoms with Gasteiger partial charge >= 0.3 is 0 Å². The summed E-state index contributed by atoms with van der Waals surface area (Å²) >= 11 is 0. The van der Waals surface area contributed by atoms with Crippen molar-refractivity contribution in [3.63, 3.8) is 0 Å². The molecule has 0 amide bonds. The number of aliphatic hydroxyl groups is 1. The second kappa shape index (κ2) is 4.91. The molecule has 0 radical (unpaired) electrons. The summed E-state index contributed by atoms with van der Waals surface area (Å²) < 4.78 is 2.05. The van der Waals surface area contributed by atoms with E-state index in [4.69, 9.17) is 11.3 Å². The molecule has 1 aliphatic rings. The van der Waals surface area contributed by atoms with Crippen molar-refractivity contribution in [1.29, 1.82) is 0 Å². The van der Waals surface area contributed by atoms with Crippen LogP contribution in [0, 0.1) is 0 Å². The molecule has 8 nitrogen and oxygen atoms in total. The number of rotatable bonds is 4. The lowest BCUT2D eigenvalue weighted by molar-refractivity contribution is -0.0578. The van der Waals surface area contributed by atoms with Crippen molar-refractivity contribution in [2.45, 2.75) is 37.8 Å². The minimum Gasteiger partial charge on any atom is -0.390 e. The first kappa shape index (κ1) is 13.7. The molecule has 2 aromatic heterocycles. The molecule has 1 aliphatic carbocycles. The van der Waals surface area contributed by atoms with Crippen LogP contribution in [0.2, 0.25) is 0 Å². The van der Waals surface area contributed by atoms with Gasteiger partial charge in [-0.1, -0.05) is 12.0 Å². The average Bonchev–Trinajstić information content (AvgIpc) is 2.82. The highest BCUT2D eigenvalue weighted by Gasteiger charge is 2.43. The van der Waals surface area contributed by atoms with Gasteiger partial charge in [0.1, 0.15) is 17.8 Å². The van der Waals surface area contributed by atoms with Crippen LogP contribution in [0.3, 0.4) is 0 Å². The fourth-order valence-electron chi connectivity index (χ4n) is 3.04. The largest absolute Gasteiger partial charge is 0.390 e. The Kier molecular flexibility index (Phi) is 3.19. The second-order valence-electron chi connectivity index (χ2n) is 5.55. The number of aromatic nitrogens is 3.